The Morgan fingerprint density at radius 2 is 1.68 bits per heavy atom. The van der Waals surface area contributed by atoms with Crippen molar-refractivity contribution in [2.24, 2.45) is 0 Å². The Kier molecular flexibility index (Phi) is 4.64. The van der Waals surface area contributed by atoms with E-state index in [1.54, 1.807) is 7.11 Å². The fraction of sp³-hybridized carbons (Fsp3) is 0.625. The average Bonchev–Trinajstić information content (AvgIpc) is 2.23. The largest absolute Gasteiger partial charge is 0.496 e. The summed E-state index contributed by atoms with van der Waals surface area (Å²) in [6.45, 7) is 9.90. The summed E-state index contributed by atoms with van der Waals surface area (Å²) in [6.07, 6.45) is 0. The highest BCUT2D eigenvalue weighted by Crippen LogP contribution is 2.40. The lowest BCUT2D eigenvalue weighted by atomic mass is 9.85. The predicted molar refractivity (Wildman–Crippen MR) is 79.9 cm³/mol. The van der Waals surface area contributed by atoms with E-state index in [-0.39, 0.29) is 6.04 Å². The Morgan fingerprint density at radius 1 is 1.16 bits per heavy atom. The Labute approximate surface area is 117 Å². The predicted octanol–water partition coefficient (Wildman–Crippen LogP) is 2.99. The van der Waals surface area contributed by atoms with Crippen LogP contribution >= 0.6 is 0 Å². The number of hydrogen-bond acceptors (Lipinski definition) is 3. The molecule has 1 rings (SSSR count). The molecule has 1 aromatic rings. The van der Waals surface area contributed by atoms with Crippen LogP contribution in [0.25, 0.3) is 0 Å². The number of aryl methyl sites for hydroxylation is 2. The molecule has 3 heteroatoms. The molecule has 0 aliphatic carbocycles. The van der Waals surface area contributed by atoms with E-state index in [2.05, 4.69) is 26.8 Å². The van der Waals surface area contributed by atoms with Gasteiger partial charge in [0, 0.05) is 5.56 Å². The highest BCUT2D eigenvalue weighted by atomic mass is 16.5. The van der Waals surface area contributed by atoms with Gasteiger partial charge in [0.1, 0.15) is 5.75 Å². The molecule has 19 heavy (non-hydrogen) atoms. The molecule has 0 aliphatic heterocycles. The molecular formula is C16H27NO2. The number of rotatable bonds is 4. The molecule has 0 spiro atoms. The molecule has 1 unspecified atom stereocenters. The van der Waals surface area contributed by atoms with Crippen LogP contribution in [0.1, 0.15) is 42.1 Å². The first-order valence-corrected chi connectivity index (χ1v) is 6.64. The third-order valence-electron chi connectivity index (χ3n) is 3.70. The maximum atomic E-state index is 10.5. The van der Waals surface area contributed by atoms with Gasteiger partial charge in [0.15, 0.2) is 0 Å². The second-order valence-electron chi connectivity index (χ2n) is 6.10. The molecule has 0 fully saturated rings. The number of hydrogen-bond donors (Lipinski definition) is 1. The van der Waals surface area contributed by atoms with Gasteiger partial charge >= 0.3 is 0 Å². The van der Waals surface area contributed by atoms with Gasteiger partial charge in [-0.05, 0) is 65.4 Å². The van der Waals surface area contributed by atoms with Crippen LogP contribution in [-0.4, -0.2) is 36.8 Å². The fourth-order valence-corrected chi connectivity index (χ4v) is 2.92. The van der Waals surface area contributed by atoms with E-state index in [0.717, 1.165) is 22.4 Å². The Morgan fingerprint density at radius 3 is 2.05 bits per heavy atom. The fourth-order valence-electron chi connectivity index (χ4n) is 2.92. The van der Waals surface area contributed by atoms with Crippen molar-refractivity contribution < 1.29 is 9.84 Å². The number of benzene rings is 1. The van der Waals surface area contributed by atoms with Crippen molar-refractivity contribution in [1.82, 2.24) is 4.90 Å². The molecule has 3 nitrogen and oxygen atoms in total. The summed E-state index contributed by atoms with van der Waals surface area (Å²) in [5.74, 6) is 0.887. The molecule has 0 saturated carbocycles. The van der Waals surface area contributed by atoms with Crippen LogP contribution in [-0.2, 0) is 0 Å². The molecule has 108 valence electrons. The zero-order valence-electron chi connectivity index (χ0n) is 13.5. The summed E-state index contributed by atoms with van der Waals surface area (Å²) >= 11 is 0. The van der Waals surface area contributed by atoms with Crippen molar-refractivity contribution in [2.45, 2.75) is 46.3 Å². The van der Waals surface area contributed by atoms with Crippen molar-refractivity contribution >= 4 is 0 Å². The van der Waals surface area contributed by atoms with Crippen LogP contribution in [0.15, 0.2) is 6.07 Å². The number of aliphatic hydroxyl groups is 1. The summed E-state index contributed by atoms with van der Waals surface area (Å²) in [5.41, 5.74) is 3.73. The van der Waals surface area contributed by atoms with Gasteiger partial charge in [-0.2, -0.15) is 0 Å². The topological polar surface area (TPSA) is 32.7 Å². The van der Waals surface area contributed by atoms with Crippen molar-refractivity contribution in [3.05, 3.63) is 28.3 Å². The maximum absolute atomic E-state index is 10.5. The van der Waals surface area contributed by atoms with Gasteiger partial charge in [0.25, 0.3) is 0 Å². The molecular weight excluding hydrogens is 238 g/mol. The van der Waals surface area contributed by atoms with E-state index < -0.39 is 5.60 Å². The van der Waals surface area contributed by atoms with Gasteiger partial charge in [-0.3, -0.25) is 4.90 Å². The zero-order chi connectivity index (χ0) is 15.0. The molecule has 0 radical (unpaired) electrons. The lowest BCUT2D eigenvalue weighted by Gasteiger charge is -2.37. The molecule has 1 aromatic carbocycles. The smallest absolute Gasteiger partial charge is 0.127 e. The van der Waals surface area contributed by atoms with Crippen molar-refractivity contribution in [2.75, 3.05) is 21.2 Å². The van der Waals surface area contributed by atoms with Crippen LogP contribution in [0.3, 0.4) is 0 Å². The van der Waals surface area contributed by atoms with Gasteiger partial charge in [-0.1, -0.05) is 6.07 Å². The van der Waals surface area contributed by atoms with Gasteiger partial charge in [0.05, 0.1) is 18.8 Å². The van der Waals surface area contributed by atoms with Gasteiger partial charge in [-0.25, -0.2) is 0 Å². The van der Waals surface area contributed by atoms with Crippen LogP contribution in [0.4, 0.5) is 0 Å². The van der Waals surface area contributed by atoms with E-state index >= 15 is 0 Å². The molecule has 0 aromatic heterocycles. The summed E-state index contributed by atoms with van der Waals surface area (Å²) < 4.78 is 5.63. The number of ether oxygens (including phenoxy) is 1. The first-order valence-electron chi connectivity index (χ1n) is 6.64. The van der Waals surface area contributed by atoms with Crippen LogP contribution < -0.4 is 4.74 Å². The second kappa shape index (κ2) is 5.51. The number of methoxy groups -OCH3 is 1. The Bertz CT molecular complexity index is 459. The third-order valence-corrected chi connectivity index (χ3v) is 3.70. The average molecular weight is 265 g/mol. The molecule has 1 atom stereocenters. The van der Waals surface area contributed by atoms with E-state index in [1.807, 2.05) is 32.8 Å². The van der Waals surface area contributed by atoms with Gasteiger partial charge in [0.2, 0.25) is 0 Å². The lowest BCUT2D eigenvalue weighted by molar-refractivity contribution is -0.00442. The first kappa shape index (κ1) is 16.0. The molecule has 0 bridgehead atoms. The minimum atomic E-state index is -0.844. The van der Waals surface area contributed by atoms with Crippen molar-refractivity contribution in [3.8, 4) is 5.75 Å². The van der Waals surface area contributed by atoms with E-state index in [0.29, 0.717) is 0 Å². The van der Waals surface area contributed by atoms with E-state index in [9.17, 15) is 5.11 Å². The van der Waals surface area contributed by atoms with Crippen LogP contribution in [0, 0.1) is 20.8 Å². The molecule has 0 heterocycles. The summed E-state index contributed by atoms with van der Waals surface area (Å²) in [5, 5.41) is 10.5. The number of likely N-dealkylation sites (N-methyl/N-ethyl adjacent to an activating group) is 1. The SMILES string of the molecule is COc1c(C)c(C)cc(C)c1C(N(C)C)C(C)(C)O. The molecule has 0 aliphatic rings. The minimum absolute atomic E-state index is 0.109. The Balaban J connectivity index is 3.60. The third kappa shape index (κ3) is 3.10. The highest BCUT2D eigenvalue weighted by molar-refractivity contribution is 5.51. The normalized spacial score (nSPS) is 13.8. The number of nitrogens with zero attached hydrogens (tertiary/aromatic N) is 1. The Hall–Kier alpha value is -1.06. The maximum Gasteiger partial charge on any atom is 0.127 e. The first-order chi connectivity index (χ1) is 8.61. The molecule has 1 N–H and O–H groups in total. The summed E-state index contributed by atoms with van der Waals surface area (Å²) in [7, 11) is 5.66. The lowest BCUT2D eigenvalue weighted by Crippen LogP contribution is -2.39. The standard InChI is InChI=1S/C16H27NO2/c1-10-9-11(2)13(14(19-8)12(10)3)15(17(6)7)16(4,5)18/h9,15,18H,1-8H3. The second-order valence-corrected chi connectivity index (χ2v) is 6.10. The quantitative estimate of drug-likeness (QED) is 0.908. The molecule has 0 amide bonds. The van der Waals surface area contributed by atoms with E-state index in [1.165, 1.54) is 5.56 Å². The van der Waals surface area contributed by atoms with Crippen LogP contribution in [0.2, 0.25) is 0 Å². The van der Waals surface area contributed by atoms with Crippen molar-refractivity contribution in [1.29, 1.82) is 0 Å². The van der Waals surface area contributed by atoms with Crippen LogP contribution in [0.5, 0.6) is 5.75 Å². The molecule has 0 saturated heterocycles. The monoisotopic (exact) mass is 265 g/mol. The van der Waals surface area contributed by atoms with Gasteiger partial charge < -0.3 is 9.84 Å². The summed E-state index contributed by atoms with van der Waals surface area (Å²) in [6, 6.07) is 2.05. The highest BCUT2D eigenvalue weighted by Gasteiger charge is 2.34. The zero-order valence-corrected chi connectivity index (χ0v) is 13.5. The van der Waals surface area contributed by atoms with E-state index in [4.69, 9.17) is 4.74 Å². The summed E-state index contributed by atoms with van der Waals surface area (Å²) in [4.78, 5) is 2.04. The van der Waals surface area contributed by atoms with Gasteiger partial charge in [-0.15, -0.1) is 0 Å². The minimum Gasteiger partial charge on any atom is -0.496 e. The van der Waals surface area contributed by atoms with Crippen molar-refractivity contribution in [3.63, 3.8) is 0 Å².